The SMILES string of the molecule is CC[C@H](C(=O)NCCSC(C)(C)C)N(c1ccccc1)S(C)(=O)=O. The van der Waals surface area contributed by atoms with Gasteiger partial charge in [-0.25, -0.2) is 8.42 Å². The second-order valence-corrected chi connectivity index (χ2v) is 10.4. The molecule has 0 heterocycles. The first-order chi connectivity index (χ1) is 11.1. The highest BCUT2D eigenvalue weighted by atomic mass is 32.2. The second-order valence-electron chi connectivity index (χ2n) is 6.57. The number of nitrogens with one attached hydrogen (secondary N) is 1. The van der Waals surface area contributed by atoms with Gasteiger partial charge in [0.25, 0.3) is 0 Å². The first kappa shape index (κ1) is 20.8. The molecule has 5 nitrogen and oxygen atoms in total. The molecule has 0 aromatic heterocycles. The van der Waals surface area contributed by atoms with E-state index in [2.05, 4.69) is 26.1 Å². The third-order valence-corrected chi connectivity index (χ3v) is 5.73. The van der Waals surface area contributed by atoms with Crippen LogP contribution in [0.1, 0.15) is 34.1 Å². The van der Waals surface area contributed by atoms with Crippen LogP contribution in [0.4, 0.5) is 5.69 Å². The molecule has 0 unspecified atom stereocenters. The standard InChI is InChI=1S/C17H28N2O3S2/c1-6-15(16(20)18-12-13-23-17(2,3)4)19(24(5,21)22)14-10-8-7-9-11-14/h7-11,15H,6,12-13H2,1-5H3,(H,18,20)/t15-/m1/s1. The Morgan fingerprint density at radius 1 is 1.25 bits per heavy atom. The number of carbonyl (C=O) groups is 1. The molecular formula is C17H28N2O3S2. The van der Waals surface area contributed by atoms with Crippen molar-refractivity contribution in [1.29, 1.82) is 0 Å². The minimum atomic E-state index is -3.56. The van der Waals surface area contributed by atoms with Crippen molar-refractivity contribution in [3.05, 3.63) is 30.3 Å². The topological polar surface area (TPSA) is 66.5 Å². The number of hydrogen-bond donors (Lipinski definition) is 1. The van der Waals surface area contributed by atoms with E-state index in [0.717, 1.165) is 12.0 Å². The Kier molecular flexibility index (Phi) is 7.60. The van der Waals surface area contributed by atoms with E-state index in [-0.39, 0.29) is 10.7 Å². The Hall–Kier alpha value is -1.21. The maximum Gasteiger partial charge on any atom is 0.243 e. The number of amides is 1. The molecule has 0 saturated heterocycles. The number of carbonyl (C=O) groups excluding carboxylic acids is 1. The summed E-state index contributed by atoms with van der Waals surface area (Å²) in [4.78, 5) is 12.5. The van der Waals surface area contributed by atoms with Gasteiger partial charge in [-0.2, -0.15) is 11.8 Å². The van der Waals surface area contributed by atoms with Crippen LogP contribution in [0, 0.1) is 0 Å². The molecule has 1 aromatic carbocycles. The van der Waals surface area contributed by atoms with Crippen molar-refractivity contribution < 1.29 is 13.2 Å². The van der Waals surface area contributed by atoms with Crippen molar-refractivity contribution in [2.24, 2.45) is 0 Å². The van der Waals surface area contributed by atoms with Gasteiger partial charge in [-0.05, 0) is 18.6 Å². The quantitative estimate of drug-likeness (QED) is 0.713. The molecule has 1 N–H and O–H groups in total. The maximum absolute atomic E-state index is 12.5. The molecule has 136 valence electrons. The number of thioether (sulfide) groups is 1. The van der Waals surface area contributed by atoms with Gasteiger partial charge in [-0.15, -0.1) is 0 Å². The van der Waals surface area contributed by atoms with E-state index in [1.165, 1.54) is 4.31 Å². The zero-order valence-corrected chi connectivity index (χ0v) is 16.7. The van der Waals surface area contributed by atoms with Gasteiger partial charge in [0.1, 0.15) is 6.04 Å². The summed E-state index contributed by atoms with van der Waals surface area (Å²) < 4.78 is 25.8. The molecule has 0 radical (unpaired) electrons. The van der Waals surface area contributed by atoms with E-state index in [9.17, 15) is 13.2 Å². The van der Waals surface area contributed by atoms with Crippen LogP contribution in [0.2, 0.25) is 0 Å². The Balaban J connectivity index is 2.85. The van der Waals surface area contributed by atoms with Gasteiger partial charge in [0.2, 0.25) is 15.9 Å². The lowest BCUT2D eigenvalue weighted by atomic mass is 10.2. The Labute approximate surface area is 150 Å². The third kappa shape index (κ3) is 6.73. The summed E-state index contributed by atoms with van der Waals surface area (Å²) in [6, 6.07) is 7.99. The van der Waals surface area contributed by atoms with E-state index in [0.29, 0.717) is 18.7 Å². The Morgan fingerprint density at radius 3 is 2.29 bits per heavy atom. The minimum absolute atomic E-state index is 0.137. The van der Waals surface area contributed by atoms with E-state index < -0.39 is 16.1 Å². The lowest BCUT2D eigenvalue weighted by molar-refractivity contribution is -0.122. The molecule has 0 bridgehead atoms. The predicted octanol–water partition coefficient (Wildman–Crippen LogP) is 2.88. The number of benzene rings is 1. The molecule has 1 aromatic rings. The molecule has 1 amide bonds. The molecule has 0 saturated carbocycles. The summed E-state index contributed by atoms with van der Waals surface area (Å²) in [5.74, 6) is 0.525. The number of sulfonamides is 1. The van der Waals surface area contributed by atoms with Crippen LogP contribution in [0.3, 0.4) is 0 Å². The van der Waals surface area contributed by atoms with Crippen LogP contribution in [-0.4, -0.2) is 43.7 Å². The number of anilines is 1. The highest BCUT2D eigenvalue weighted by molar-refractivity contribution is 8.00. The second kappa shape index (κ2) is 8.76. The number of hydrogen-bond acceptors (Lipinski definition) is 4. The Morgan fingerprint density at radius 2 is 1.83 bits per heavy atom. The first-order valence-electron chi connectivity index (χ1n) is 8.02. The molecule has 1 rings (SSSR count). The number of nitrogens with zero attached hydrogens (tertiary/aromatic N) is 1. The van der Waals surface area contributed by atoms with Crippen molar-refractivity contribution >= 4 is 33.4 Å². The van der Waals surface area contributed by atoms with Crippen molar-refractivity contribution in [1.82, 2.24) is 5.32 Å². The summed E-state index contributed by atoms with van der Waals surface area (Å²) in [6.07, 6.45) is 1.53. The van der Waals surface area contributed by atoms with E-state index in [1.54, 1.807) is 36.0 Å². The van der Waals surface area contributed by atoms with Crippen LogP contribution in [0.15, 0.2) is 30.3 Å². The van der Waals surface area contributed by atoms with Gasteiger partial charge < -0.3 is 5.32 Å². The van der Waals surface area contributed by atoms with Crippen molar-refractivity contribution in [3.8, 4) is 0 Å². The average molecular weight is 373 g/mol. The minimum Gasteiger partial charge on any atom is -0.353 e. The summed E-state index contributed by atoms with van der Waals surface area (Å²) in [5.41, 5.74) is 0.506. The lowest BCUT2D eigenvalue weighted by Gasteiger charge is -2.30. The maximum atomic E-state index is 12.5. The van der Waals surface area contributed by atoms with Crippen LogP contribution >= 0.6 is 11.8 Å². The molecular weight excluding hydrogens is 344 g/mol. The van der Waals surface area contributed by atoms with Crippen molar-refractivity contribution in [3.63, 3.8) is 0 Å². The third-order valence-electron chi connectivity index (χ3n) is 3.28. The number of para-hydroxylation sites is 1. The van der Waals surface area contributed by atoms with E-state index >= 15 is 0 Å². The zero-order chi connectivity index (χ0) is 18.4. The molecule has 0 aliphatic heterocycles. The Bertz CT molecular complexity index is 625. The van der Waals surface area contributed by atoms with Crippen molar-refractivity contribution in [2.45, 2.75) is 44.9 Å². The van der Waals surface area contributed by atoms with Gasteiger partial charge in [-0.3, -0.25) is 9.10 Å². The average Bonchev–Trinajstić information content (AvgIpc) is 2.47. The summed E-state index contributed by atoms with van der Waals surface area (Å²) in [7, 11) is -3.56. The highest BCUT2D eigenvalue weighted by Crippen LogP contribution is 2.23. The van der Waals surface area contributed by atoms with Crippen LogP contribution in [0.25, 0.3) is 0 Å². The van der Waals surface area contributed by atoms with Crippen molar-refractivity contribution in [2.75, 3.05) is 22.9 Å². The van der Waals surface area contributed by atoms with Gasteiger partial charge in [-0.1, -0.05) is 45.9 Å². The molecule has 7 heteroatoms. The van der Waals surface area contributed by atoms with Gasteiger partial charge in [0.05, 0.1) is 11.9 Å². The van der Waals surface area contributed by atoms with E-state index in [4.69, 9.17) is 0 Å². The highest BCUT2D eigenvalue weighted by Gasteiger charge is 2.31. The van der Waals surface area contributed by atoms with Gasteiger partial charge >= 0.3 is 0 Å². The zero-order valence-electron chi connectivity index (χ0n) is 15.1. The fourth-order valence-electron chi connectivity index (χ4n) is 2.28. The van der Waals surface area contributed by atoms with Crippen LogP contribution in [0.5, 0.6) is 0 Å². The van der Waals surface area contributed by atoms with Gasteiger partial charge in [0.15, 0.2) is 0 Å². The fourth-order valence-corrected chi connectivity index (χ4v) is 4.31. The van der Waals surface area contributed by atoms with E-state index in [1.807, 2.05) is 13.0 Å². The summed E-state index contributed by atoms with van der Waals surface area (Å²) in [5, 5.41) is 2.86. The number of rotatable bonds is 8. The largest absolute Gasteiger partial charge is 0.353 e. The molecule has 0 aliphatic rings. The molecule has 24 heavy (non-hydrogen) atoms. The molecule has 0 fully saturated rings. The monoisotopic (exact) mass is 372 g/mol. The van der Waals surface area contributed by atoms with Crippen LogP contribution in [-0.2, 0) is 14.8 Å². The summed E-state index contributed by atoms with van der Waals surface area (Å²) in [6.45, 7) is 8.69. The molecule has 1 atom stereocenters. The van der Waals surface area contributed by atoms with Crippen LogP contribution < -0.4 is 9.62 Å². The molecule has 0 aliphatic carbocycles. The lowest BCUT2D eigenvalue weighted by Crippen LogP contribution is -2.49. The predicted molar refractivity (Wildman–Crippen MR) is 103 cm³/mol. The first-order valence-corrected chi connectivity index (χ1v) is 10.9. The normalized spacial score (nSPS) is 13.4. The molecule has 0 spiro atoms. The summed E-state index contributed by atoms with van der Waals surface area (Å²) >= 11 is 1.76. The fraction of sp³-hybridized carbons (Fsp3) is 0.588. The van der Waals surface area contributed by atoms with Gasteiger partial charge in [0, 0.05) is 17.0 Å². The smallest absolute Gasteiger partial charge is 0.243 e.